The lowest BCUT2D eigenvalue weighted by Gasteiger charge is -2.26. The fourth-order valence-electron chi connectivity index (χ4n) is 3.37. The molecule has 1 heterocycles. The van der Waals surface area contributed by atoms with E-state index in [1.165, 1.54) is 62.8 Å². The number of rotatable bonds is 8. The van der Waals surface area contributed by atoms with Gasteiger partial charge in [0.1, 0.15) is 17.7 Å². The van der Waals surface area contributed by atoms with Gasteiger partial charge in [-0.15, -0.1) is 0 Å². The van der Waals surface area contributed by atoms with E-state index in [1.807, 2.05) is 0 Å². The molecule has 6 N–H and O–H groups in total. The number of quaternary nitrogens is 1. The molecule has 0 atom stereocenters. The van der Waals surface area contributed by atoms with Crippen molar-refractivity contribution in [2.24, 2.45) is 4.99 Å². The minimum absolute atomic E-state index is 0.158. The number of aromatic hydroxyl groups is 2. The smallest absolute Gasteiger partial charge is 0.280 e. The Morgan fingerprint density at radius 3 is 1.57 bits per heavy atom. The number of benzene rings is 2. The van der Waals surface area contributed by atoms with Crippen LogP contribution in [0.3, 0.4) is 0 Å². The topological polar surface area (TPSA) is 169 Å². The zero-order valence-electron chi connectivity index (χ0n) is 19.0. The Hall–Kier alpha value is -4.71. The van der Waals surface area contributed by atoms with E-state index < -0.39 is 11.8 Å². The lowest BCUT2D eigenvalue weighted by molar-refractivity contribution is -0.760. The Morgan fingerprint density at radius 1 is 0.771 bits per heavy atom. The van der Waals surface area contributed by atoms with E-state index in [0.29, 0.717) is 11.4 Å². The minimum Gasteiger partial charge on any atom is -0.506 e. The van der Waals surface area contributed by atoms with Crippen LogP contribution in [-0.4, -0.2) is 57.8 Å². The van der Waals surface area contributed by atoms with Gasteiger partial charge in [-0.3, -0.25) is 19.2 Å². The number of hydrogen-bond donors (Lipinski definition) is 6. The largest absolute Gasteiger partial charge is 0.506 e. The predicted octanol–water partition coefficient (Wildman–Crippen LogP) is 1.92. The van der Waals surface area contributed by atoms with Crippen LogP contribution in [0.15, 0.2) is 53.8 Å². The first-order chi connectivity index (χ1) is 16.5. The molecule has 2 aromatic carbocycles. The number of carbonyl (C=O) groups is 4. The Morgan fingerprint density at radius 2 is 1.23 bits per heavy atom. The van der Waals surface area contributed by atoms with Crippen LogP contribution >= 0.6 is 0 Å². The van der Waals surface area contributed by atoms with Crippen LogP contribution in [0.25, 0.3) is 0 Å². The molecule has 0 bridgehead atoms. The summed E-state index contributed by atoms with van der Waals surface area (Å²) in [5.74, 6) is -2.01. The summed E-state index contributed by atoms with van der Waals surface area (Å²) in [6.07, 6.45) is 4.52. The summed E-state index contributed by atoms with van der Waals surface area (Å²) in [5, 5.41) is 30.3. The number of carbonyl (C=O) groups excluding carboxylic acids is 4. The monoisotopic (exact) mass is 481 g/mol. The molecule has 1 aliphatic heterocycles. The molecule has 182 valence electrons. The number of amides is 4. The van der Waals surface area contributed by atoms with E-state index in [4.69, 9.17) is 0 Å². The highest BCUT2D eigenvalue weighted by Gasteiger charge is 2.32. The number of phenolic OH excluding ortho intramolecular Hbond substituents is 2. The van der Waals surface area contributed by atoms with Crippen molar-refractivity contribution in [3.8, 4) is 11.5 Å². The van der Waals surface area contributed by atoms with Gasteiger partial charge in [0.05, 0.1) is 17.6 Å². The third-order valence-corrected chi connectivity index (χ3v) is 4.81. The summed E-state index contributed by atoms with van der Waals surface area (Å²) in [5.41, 5.74) is 1.03. The van der Waals surface area contributed by atoms with Crippen LogP contribution in [0.1, 0.15) is 13.8 Å². The number of aliphatic imine (C=N–C) groups is 1. The van der Waals surface area contributed by atoms with Gasteiger partial charge >= 0.3 is 0 Å². The van der Waals surface area contributed by atoms with Crippen LogP contribution in [0, 0.1) is 0 Å². The molecule has 0 aliphatic carbocycles. The first-order valence-electron chi connectivity index (χ1n) is 10.4. The second kappa shape index (κ2) is 10.5. The van der Waals surface area contributed by atoms with Crippen molar-refractivity contribution in [3.63, 3.8) is 0 Å². The Kier molecular flexibility index (Phi) is 7.46. The summed E-state index contributed by atoms with van der Waals surface area (Å²) in [7, 11) is 0. The third kappa shape index (κ3) is 6.88. The molecule has 0 spiro atoms. The third-order valence-electron chi connectivity index (χ3n) is 4.81. The summed E-state index contributed by atoms with van der Waals surface area (Å²) >= 11 is 0. The van der Waals surface area contributed by atoms with Crippen molar-refractivity contribution in [1.29, 1.82) is 0 Å². The van der Waals surface area contributed by atoms with Crippen molar-refractivity contribution < 1.29 is 33.9 Å². The first-order valence-corrected chi connectivity index (χ1v) is 10.4. The Labute approximate surface area is 200 Å². The van der Waals surface area contributed by atoms with Gasteiger partial charge < -0.3 is 31.5 Å². The van der Waals surface area contributed by atoms with Gasteiger partial charge in [0, 0.05) is 37.4 Å². The molecule has 12 heteroatoms. The van der Waals surface area contributed by atoms with E-state index in [-0.39, 0.29) is 52.3 Å². The summed E-state index contributed by atoms with van der Waals surface area (Å²) in [4.78, 5) is 51.7. The molecule has 0 saturated carbocycles. The SMILES string of the molecule is CC(=O)Nc1ccc(NC(=O)C[N+]2(CC(=O)Nc3ccc(NC(C)=O)c(O)c3)C=CN=C2)cc1O. The van der Waals surface area contributed by atoms with Crippen LogP contribution in [-0.2, 0) is 19.2 Å². The van der Waals surface area contributed by atoms with Gasteiger partial charge in [-0.1, -0.05) is 0 Å². The second-order valence-electron chi connectivity index (χ2n) is 7.90. The van der Waals surface area contributed by atoms with Crippen LogP contribution < -0.4 is 21.3 Å². The minimum atomic E-state index is -0.445. The van der Waals surface area contributed by atoms with E-state index in [2.05, 4.69) is 26.3 Å². The number of hydrogen-bond acceptors (Lipinski definition) is 7. The lowest BCUT2D eigenvalue weighted by Crippen LogP contribution is -2.50. The molecule has 12 nitrogen and oxygen atoms in total. The normalized spacial score (nSPS) is 13.2. The lowest BCUT2D eigenvalue weighted by atomic mass is 10.2. The van der Waals surface area contributed by atoms with Gasteiger partial charge in [-0.25, -0.2) is 9.48 Å². The number of phenols is 2. The molecule has 0 aromatic heterocycles. The van der Waals surface area contributed by atoms with E-state index in [0.717, 1.165) is 0 Å². The fourth-order valence-corrected chi connectivity index (χ4v) is 3.37. The summed E-state index contributed by atoms with van der Waals surface area (Å²) in [6, 6.07) is 8.54. The van der Waals surface area contributed by atoms with Gasteiger partial charge in [-0.2, -0.15) is 0 Å². The summed E-state index contributed by atoms with van der Waals surface area (Å²) < 4.78 is -0.191. The molecule has 3 rings (SSSR count). The molecule has 4 amide bonds. The highest BCUT2D eigenvalue weighted by molar-refractivity contribution is 5.96. The maximum atomic E-state index is 12.7. The average Bonchev–Trinajstić information content (AvgIpc) is 3.19. The maximum absolute atomic E-state index is 12.7. The first kappa shape index (κ1) is 24.9. The second-order valence-corrected chi connectivity index (χ2v) is 7.90. The molecule has 2 aromatic rings. The maximum Gasteiger partial charge on any atom is 0.280 e. The van der Waals surface area contributed by atoms with Gasteiger partial charge in [-0.05, 0) is 24.3 Å². The standard InChI is InChI=1S/C23H24N6O6/c1-14(30)25-18-5-3-16(9-20(18)32)27-22(34)11-29(8-7-24-13-29)12-23(35)28-17-4-6-19(21(33)10-17)26-15(2)31/h3-10,13H,11-12H2,1-2H3,(H5-,25,26,27,28,30,31,32,33,34,35)/p+1. The van der Waals surface area contributed by atoms with Gasteiger partial charge in [0.2, 0.25) is 11.8 Å². The highest BCUT2D eigenvalue weighted by Crippen LogP contribution is 2.28. The Bertz CT molecular complexity index is 1140. The van der Waals surface area contributed by atoms with Gasteiger partial charge in [0.15, 0.2) is 19.4 Å². The molecule has 0 radical (unpaired) electrons. The quantitative estimate of drug-likeness (QED) is 0.249. The van der Waals surface area contributed by atoms with Crippen LogP contribution in [0.2, 0.25) is 0 Å². The van der Waals surface area contributed by atoms with Crippen molar-refractivity contribution in [2.75, 3.05) is 34.4 Å². The van der Waals surface area contributed by atoms with Crippen molar-refractivity contribution in [1.82, 2.24) is 0 Å². The highest BCUT2D eigenvalue weighted by atomic mass is 16.3. The molecule has 35 heavy (non-hydrogen) atoms. The Balaban J connectivity index is 1.63. The molecular weight excluding hydrogens is 456 g/mol. The average molecular weight is 481 g/mol. The predicted molar refractivity (Wildman–Crippen MR) is 130 cm³/mol. The number of anilines is 4. The van der Waals surface area contributed by atoms with Crippen molar-refractivity contribution >= 4 is 52.7 Å². The van der Waals surface area contributed by atoms with Crippen molar-refractivity contribution in [3.05, 3.63) is 48.8 Å². The van der Waals surface area contributed by atoms with Gasteiger partial charge in [0.25, 0.3) is 11.8 Å². The number of nitrogens with one attached hydrogen (secondary N) is 4. The molecule has 0 unspecified atom stereocenters. The number of nitrogens with zero attached hydrogens (tertiary/aromatic N) is 2. The van der Waals surface area contributed by atoms with E-state index in [9.17, 15) is 29.4 Å². The van der Waals surface area contributed by atoms with E-state index in [1.54, 1.807) is 6.20 Å². The molecule has 0 saturated heterocycles. The fraction of sp³-hybridized carbons (Fsp3) is 0.174. The van der Waals surface area contributed by atoms with Crippen LogP contribution in [0.4, 0.5) is 22.7 Å². The van der Waals surface area contributed by atoms with Crippen molar-refractivity contribution in [2.45, 2.75) is 13.8 Å². The van der Waals surface area contributed by atoms with Crippen LogP contribution in [0.5, 0.6) is 11.5 Å². The molecule has 0 fully saturated rings. The summed E-state index contributed by atoms with van der Waals surface area (Å²) in [6.45, 7) is 2.30. The van der Waals surface area contributed by atoms with E-state index >= 15 is 0 Å². The molecular formula is C23H25N6O6+. The zero-order valence-corrected chi connectivity index (χ0v) is 19.0. The zero-order chi connectivity index (χ0) is 25.6. The molecule has 1 aliphatic rings.